The van der Waals surface area contributed by atoms with Gasteiger partial charge >= 0.3 is 12.1 Å². The zero-order chi connectivity index (χ0) is 12.3. The molecule has 0 aromatic carbocycles. The van der Waals surface area contributed by atoms with Gasteiger partial charge in [0.1, 0.15) is 12.4 Å². The van der Waals surface area contributed by atoms with E-state index in [1.807, 2.05) is 0 Å². The Bertz CT molecular complexity index is 404. The van der Waals surface area contributed by atoms with Crippen LogP contribution in [0.25, 0.3) is 0 Å². The Morgan fingerprint density at radius 3 is 2.56 bits per heavy atom. The monoisotopic (exact) mass is 234 g/mol. The summed E-state index contributed by atoms with van der Waals surface area (Å²) in [5.41, 5.74) is 0.136. The van der Waals surface area contributed by atoms with Crippen LogP contribution in [0.4, 0.5) is 19.0 Å². The van der Waals surface area contributed by atoms with E-state index in [-0.39, 0.29) is 17.1 Å². The van der Waals surface area contributed by atoms with E-state index in [0.29, 0.717) is 0 Å². The number of nitrogens with one attached hydrogen (secondary N) is 1. The lowest BCUT2D eigenvalue weighted by molar-refractivity contribution is -0.115. The first-order valence-electron chi connectivity index (χ1n) is 4.31. The first-order chi connectivity index (χ1) is 7.29. The van der Waals surface area contributed by atoms with E-state index in [0.717, 1.165) is 0 Å². The Kier molecular flexibility index (Phi) is 3.36. The molecule has 1 heterocycles. The molecule has 1 rings (SSSR count). The summed E-state index contributed by atoms with van der Waals surface area (Å²) in [6.45, 7) is 0.216. The minimum absolute atomic E-state index is 0.000162. The highest BCUT2D eigenvalue weighted by Crippen LogP contribution is 2.16. The van der Waals surface area contributed by atoms with Crippen LogP contribution in [-0.2, 0) is 0 Å². The molecule has 7 heteroatoms. The number of halogens is 3. The van der Waals surface area contributed by atoms with Crippen molar-refractivity contribution in [1.82, 2.24) is 4.98 Å². The molecule has 0 spiro atoms. The van der Waals surface area contributed by atoms with Crippen LogP contribution >= 0.6 is 0 Å². The van der Waals surface area contributed by atoms with Gasteiger partial charge in [-0.25, -0.2) is 9.78 Å². The van der Waals surface area contributed by atoms with Gasteiger partial charge in [-0.1, -0.05) is 0 Å². The van der Waals surface area contributed by atoms with Crippen LogP contribution in [0.5, 0.6) is 0 Å². The molecule has 0 fully saturated rings. The lowest BCUT2D eigenvalue weighted by Crippen LogP contribution is -2.22. The molecule has 0 aliphatic carbocycles. The first kappa shape index (κ1) is 12.3. The van der Waals surface area contributed by atoms with Crippen LogP contribution in [0.3, 0.4) is 0 Å². The van der Waals surface area contributed by atoms with E-state index in [4.69, 9.17) is 5.11 Å². The van der Waals surface area contributed by atoms with Gasteiger partial charge in [-0.15, -0.1) is 0 Å². The standard InChI is InChI=1S/C9H9F3N2O2/c1-5-6(8(15)16)2-3-7(14-5)13-4-9(10,11)12/h2-3H,4H2,1H3,(H,13,14)(H,15,16). The number of hydrogen-bond acceptors (Lipinski definition) is 3. The smallest absolute Gasteiger partial charge is 0.405 e. The van der Waals surface area contributed by atoms with Crippen molar-refractivity contribution in [1.29, 1.82) is 0 Å². The number of aryl methyl sites for hydroxylation is 1. The lowest BCUT2D eigenvalue weighted by atomic mass is 10.2. The van der Waals surface area contributed by atoms with Crippen LogP contribution in [0.1, 0.15) is 16.1 Å². The second-order valence-corrected chi connectivity index (χ2v) is 3.10. The summed E-state index contributed by atoms with van der Waals surface area (Å²) in [6.07, 6.45) is -4.33. The van der Waals surface area contributed by atoms with Gasteiger partial charge in [0, 0.05) is 0 Å². The summed E-state index contributed by atoms with van der Waals surface area (Å²) in [5.74, 6) is -1.16. The van der Waals surface area contributed by atoms with Crippen molar-refractivity contribution in [3.8, 4) is 0 Å². The second-order valence-electron chi connectivity index (χ2n) is 3.10. The fourth-order valence-corrected chi connectivity index (χ4v) is 1.08. The van der Waals surface area contributed by atoms with Crippen molar-refractivity contribution >= 4 is 11.8 Å². The molecule has 1 aromatic rings. The second kappa shape index (κ2) is 4.38. The van der Waals surface area contributed by atoms with E-state index in [1.165, 1.54) is 19.1 Å². The van der Waals surface area contributed by atoms with Crippen molar-refractivity contribution in [2.45, 2.75) is 13.1 Å². The molecule has 0 atom stereocenters. The van der Waals surface area contributed by atoms with E-state index < -0.39 is 18.7 Å². The van der Waals surface area contributed by atoms with Crippen LogP contribution in [0, 0.1) is 6.92 Å². The molecule has 0 saturated heterocycles. The lowest BCUT2D eigenvalue weighted by Gasteiger charge is -2.09. The number of pyridine rings is 1. The summed E-state index contributed by atoms with van der Waals surface area (Å²) < 4.78 is 35.6. The van der Waals surface area contributed by atoms with Gasteiger partial charge in [-0.2, -0.15) is 13.2 Å². The summed E-state index contributed by atoms with van der Waals surface area (Å²) in [4.78, 5) is 14.3. The number of rotatable bonds is 3. The van der Waals surface area contributed by atoms with Crippen molar-refractivity contribution in [3.63, 3.8) is 0 Å². The maximum Gasteiger partial charge on any atom is 0.405 e. The number of carboxylic acids is 1. The third-order valence-corrected chi connectivity index (χ3v) is 1.79. The maximum absolute atomic E-state index is 11.9. The van der Waals surface area contributed by atoms with Crippen LogP contribution in [0.15, 0.2) is 12.1 Å². The van der Waals surface area contributed by atoms with E-state index in [9.17, 15) is 18.0 Å². The van der Waals surface area contributed by atoms with Crippen LogP contribution in [-0.4, -0.2) is 28.8 Å². The number of anilines is 1. The molecule has 0 amide bonds. The summed E-state index contributed by atoms with van der Waals surface area (Å²) in [7, 11) is 0. The van der Waals surface area contributed by atoms with Crippen molar-refractivity contribution in [3.05, 3.63) is 23.4 Å². The predicted octanol–water partition coefficient (Wildman–Crippen LogP) is 2.06. The largest absolute Gasteiger partial charge is 0.478 e. The topological polar surface area (TPSA) is 62.2 Å². The Morgan fingerprint density at radius 2 is 2.12 bits per heavy atom. The van der Waals surface area contributed by atoms with Crippen LogP contribution in [0.2, 0.25) is 0 Å². The van der Waals surface area contributed by atoms with Crippen molar-refractivity contribution in [2.24, 2.45) is 0 Å². The fourth-order valence-electron chi connectivity index (χ4n) is 1.08. The Labute approximate surface area is 89.1 Å². The van der Waals surface area contributed by atoms with Gasteiger partial charge in [0.15, 0.2) is 0 Å². The number of carbonyl (C=O) groups is 1. The molecule has 0 aliphatic rings. The first-order valence-corrected chi connectivity index (χ1v) is 4.31. The third kappa shape index (κ3) is 3.41. The number of carboxylic acid groups (broad SMARTS) is 1. The molecular formula is C9H9F3N2O2. The molecule has 2 N–H and O–H groups in total. The Hall–Kier alpha value is -1.79. The highest BCUT2D eigenvalue weighted by molar-refractivity contribution is 5.89. The summed E-state index contributed by atoms with van der Waals surface area (Å²) >= 11 is 0. The SMILES string of the molecule is Cc1nc(NCC(F)(F)F)ccc1C(=O)O. The highest BCUT2D eigenvalue weighted by Gasteiger charge is 2.26. The van der Waals surface area contributed by atoms with Crippen LogP contribution < -0.4 is 5.32 Å². The normalized spacial score (nSPS) is 11.2. The maximum atomic E-state index is 11.9. The number of hydrogen-bond donors (Lipinski definition) is 2. The number of nitrogens with zero attached hydrogens (tertiary/aromatic N) is 1. The molecular weight excluding hydrogens is 225 g/mol. The van der Waals surface area contributed by atoms with Crippen molar-refractivity contribution < 1.29 is 23.1 Å². The number of aromatic carboxylic acids is 1. The molecule has 0 radical (unpaired) electrons. The Morgan fingerprint density at radius 1 is 1.50 bits per heavy atom. The minimum Gasteiger partial charge on any atom is -0.478 e. The van der Waals surface area contributed by atoms with Gasteiger partial charge in [-0.05, 0) is 19.1 Å². The molecule has 1 aromatic heterocycles. The highest BCUT2D eigenvalue weighted by atomic mass is 19.4. The van der Waals surface area contributed by atoms with Gasteiger partial charge in [0.2, 0.25) is 0 Å². The molecule has 4 nitrogen and oxygen atoms in total. The predicted molar refractivity (Wildman–Crippen MR) is 50.5 cm³/mol. The summed E-state index contributed by atoms with van der Waals surface area (Å²) in [6, 6.07) is 2.41. The third-order valence-electron chi connectivity index (χ3n) is 1.79. The molecule has 16 heavy (non-hydrogen) atoms. The zero-order valence-electron chi connectivity index (χ0n) is 8.30. The van der Waals surface area contributed by atoms with Gasteiger partial charge in [0.05, 0.1) is 11.3 Å². The zero-order valence-corrected chi connectivity index (χ0v) is 8.30. The minimum atomic E-state index is -4.33. The molecule has 0 aliphatic heterocycles. The number of aromatic nitrogens is 1. The van der Waals surface area contributed by atoms with Gasteiger partial charge in [-0.3, -0.25) is 0 Å². The van der Waals surface area contributed by atoms with Gasteiger partial charge < -0.3 is 10.4 Å². The van der Waals surface area contributed by atoms with E-state index >= 15 is 0 Å². The molecule has 0 bridgehead atoms. The fraction of sp³-hybridized carbons (Fsp3) is 0.333. The van der Waals surface area contributed by atoms with E-state index in [2.05, 4.69) is 10.3 Å². The summed E-state index contributed by atoms with van der Waals surface area (Å²) in [5, 5.41) is 10.7. The van der Waals surface area contributed by atoms with E-state index in [1.54, 1.807) is 0 Å². The average molecular weight is 234 g/mol. The molecule has 0 saturated carbocycles. The van der Waals surface area contributed by atoms with Crippen molar-refractivity contribution in [2.75, 3.05) is 11.9 Å². The molecule has 88 valence electrons. The average Bonchev–Trinajstić information content (AvgIpc) is 2.13. The Balaban J connectivity index is 2.78. The van der Waals surface area contributed by atoms with Gasteiger partial charge in [0.25, 0.3) is 0 Å². The number of alkyl halides is 3. The molecule has 0 unspecified atom stereocenters. The quantitative estimate of drug-likeness (QED) is 0.840.